The van der Waals surface area contributed by atoms with Crippen LogP contribution in [-0.4, -0.2) is 5.78 Å². The van der Waals surface area contributed by atoms with Gasteiger partial charge in [0, 0.05) is 12.8 Å². The highest BCUT2D eigenvalue weighted by molar-refractivity contribution is 5.77. The van der Waals surface area contributed by atoms with Gasteiger partial charge < -0.3 is 0 Å². The lowest BCUT2D eigenvalue weighted by atomic mass is 10.0. The van der Waals surface area contributed by atoms with Gasteiger partial charge in [0.25, 0.3) is 0 Å². The Hall–Kier alpha value is -0.330. The van der Waals surface area contributed by atoms with Gasteiger partial charge >= 0.3 is 0 Å². The average molecular weight is 479 g/mol. The van der Waals surface area contributed by atoms with Gasteiger partial charge in [-0.15, -0.1) is 0 Å². The van der Waals surface area contributed by atoms with Gasteiger partial charge in [0.15, 0.2) is 0 Å². The van der Waals surface area contributed by atoms with Crippen LogP contribution in [0.15, 0.2) is 0 Å². The quantitative estimate of drug-likeness (QED) is 0.0938. The van der Waals surface area contributed by atoms with Gasteiger partial charge in [-0.2, -0.15) is 0 Å². The van der Waals surface area contributed by atoms with Gasteiger partial charge in [0.2, 0.25) is 0 Å². The van der Waals surface area contributed by atoms with E-state index in [1.165, 1.54) is 173 Å². The normalized spacial score (nSPS) is 11.4. The molecule has 0 aliphatic rings. The van der Waals surface area contributed by atoms with Crippen LogP contribution in [0.1, 0.15) is 206 Å². The third-order valence-corrected chi connectivity index (χ3v) is 7.70. The van der Waals surface area contributed by atoms with Crippen LogP contribution in [0, 0.1) is 0 Å². The molecular weight excluding hydrogens is 412 g/mol. The van der Waals surface area contributed by atoms with Gasteiger partial charge in [-0.3, -0.25) is 4.79 Å². The summed E-state index contributed by atoms with van der Waals surface area (Å²) in [6.45, 7) is 4.28. The van der Waals surface area contributed by atoms with Crippen LogP contribution >= 0.6 is 0 Å². The largest absolute Gasteiger partial charge is 0.300 e. The Morgan fingerprint density at radius 3 is 0.735 bits per heavy atom. The summed E-state index contributed by atoms with van der Waals surface area (Å²) in [5, 5.41) is 0. The van der Waals surface area contributed by atoms with E-state index in [0.717, 1.165) is 19.3 Å². The Labute approximate surface area is 217 Å². The molecule has 0 aromatic heterocycles. The molecule has 1 heteroatoms. The molecule has 0 radical (unpaired) electrons. The number of carbonyl (C=O) groups excluding carboxylic acids is 1. The lowest BCUT2D eigenvalue weighted by Crippen LogP contribution is -1.94. The molecule has 0 atom stereocenters. The molecular formula is C33H66O. The minimum atomic E-state index is 0.440. The van der Waals surface area contributed by atoms with Crippen LogP contribution in [0.5, 0.6) is 0 Å². The molecule has 0 aliphatic heterocycles. The maximum absolute atomic E-state index is 11.3. The first kappa shape index (κ1) is 33.7. The minimum Gasteiger partial charge on any atom is -0.300 e. The van der Waals surface area contributed by atoms with Gasteiger partial charge in [-0.25, -0.2) is 0 Å². The van der Waals surface area contributed by atoms with Crippen molar-refractivity contribution in [2.75, 3.05) is 0 Å². The summed E-state index contributed by atoms with van der Waals surface area (Å²) in [6, 6.07) is 0. The van der Waals surface area contributed by atoms with Crippen molar-refractivity contribution in [3.8, 4) is 0 Å². The van der Waals surface area contributed by atoms with Crippen LogP contribution in [-0.2, 0) is 4.79 Å². The molecule has 34 heavy (non-hydrogen) atoms. The van der Waals surface area contributed by atoms with Gasteiger partial charge in [0.05, 0.1) is 0 Å². The van der Waals surface area contributed by atoms with Crippen LogP contribution in [0.25, 0.3) is 0 Å². The second-order valence-corrected chi connectivity index (χ2v) is 11.2. The number of carbonyl (C=O) groups is 1. The molecule has 0 aliphatic carbocycles. The predicted molar refractivity (Wildman–Crippen MR) is 155 cm³/mol. The maximum atomic E-state index is 11.3. The van der Waals surface area contributed by atoms with E-state index in [4.69, 9.17) is 0 Å². The Morgan fingerprint density at radius 1 is 0.324 bits per heavy atom. The van der Waals surface area contributed by atoms with E-state index in [1.807, 2.05) is 6.92 Å². The average Bonchev–Trinajstić information content (AvgIpc) is 2.85. The number of unbranched alkanes of at least 4 members (excludes halogenated alkanes) is 27. The molecule has 1 nitrogen and oxygen atoms in total. The van der Waals surface area contributed by atoms with Crippen molar-refractivity contribution in [2.24, 2.45) is 0 Å². The highest BCUT2D eigenvalue weighted by atomic mass is 16.1. The van der Waals surface area contributed by atoms with Gasteiger partial charge in [0.1, 0.15) is 5.78 Å². The SMILES string of the molecule is CCCCCCCCCCCCCCCCCCCCCCCCCCCCCCC(=O)CC. The lowest BCUT2D eigenvalue weighted by molar-refractivity contribution is -0.118. The Morgan fingerprint density at radius 2 is 0.529 bits per heavy atom. The Bertz CT molecular complexity index is 375. The van der Waals surface area contributed by atoms with E-state index in [9.17, 15) is 4.79 Å². The van der Waals surface area contributed by atoms with Gasteiger partial charge in [-0.1, -0.05) is 187 Å². The first-order valence-corrected chi connectivity index (χ1v) is 16.3. The van der Waals surface area contributed by atoms with E-state index >= 15 is 0 Å². The fourth-order valence-electron chi connectivity index (χ4n) is 5.17. The maximum Gasteiger partial charge on any atom is 0.132 e. The zero-order valence-electron chi connectivity index (χ0n) is 24.1. The van der Waals surface area contributed by atoms with Crippen molar-refractivity contribution in [3.63, 3.8) is 0 Å². The van der Waals surface area contributed by atoms with Crippen molar-refractivity contribution in [1.82, 2.24) is 0 Å². The second-order valence-electron chi connectivity index (χ2n) is 11.2. The lowest BCUT2D eigenvalue weighted by Gasteiger charge is -2.04. The monoisotopic (exact) mass is 479 g/mol. The van der Waals surface area contributed by atoms with Crippen LogP contribution in [0.4, 0.5) is 0 Å². The molecule has 0 rings (SSSR count). The van der Waals surface area contributed by atoms with E-state index in [0.29, 0.717) is 5.78 Å². The number of Topliss-reactive ketones (excluding diaryl/α,β-unsaturated/α-hetero) is 1. The second kappa shape index (κ2) is 30.7. The van der Waals surface area contributed by atoms with E-state index in [2.05, 4.69) is 6.92 Å². The third-order valence-electron chi connectivity index (χ3n) is 7.70. The summed E-state index contributed by atoms with van der Waals surface area (Å²) in [6.07, 6.45) is 41.7. The molecule has 0 aromatic rings. The molecule has 0 saturated carbocycles. The number of hydrogen-bond acceptors (Lipinski definition) is 1. The van der Waals surface area contributed by atoms with Gasteiger partial charge in [-0.05, 0) is 6.42 Å². The standard InChI is InChI=1S/C33H66O/c1-3-5-6-7-8-9-10-11-12-13-14-15-16-17-18-19-20-21-22-23-24-25-26-27-28-29-30-31-32-33(34)4-2/h3-32H2,1-2H3. The summed E-state index contributed by atoms with van der Waals surface area (Å²) in [4.78, 5) is 11.3. The van der Waals surface area contributed by atoms with Crippen molar-refractivity contribution in [1.29, 1.82) is 0 Å². The Kier molecular flexibility index (Phi) is 30.4. The fraction of sp³-hybridized carbons (Fsp3) is 0.970. The molecule has 0 bridgehead atoms. The summed E-state index contributed by atoms with van der Waals surface area (Å²) in [7, 11) is 0. The molecule has 204 valence electrons. The number of ketones is 1. The van der Waals surface area contributed by atoms with Crippen LogP contribution < -0.4 is 0 Å². The Balaban J connectivity index is 3.02. The van der Waals surface area contributed by atoms with E-state index in [-0.39, 0.29) is 0 Å². The summed E-state index contributed by atoms with van der Waals surface area (Å²) in [5.74, 6) is 0.440. The molecule has 0 saturated heterocycles. The highest BCUT2D eigenvalue weighted by Gasteiger charge is 1.98. The van der Waals surface area contributed by atoms with Crippen molar-refractivity contribution >= 4 is 5.78 Å². The molecule has 0 spiro atoms. The molecule has 0 amide bonds. The third kappa shape index (κ3) is 29.7. The van der Waals surface area contributed by atoms with E-state index < -0.39 is 0 Å². The number of hydrogen-bond donors (Lipinski definition) is 0. The van der Waals surface area contributed by atoms with Crippen LogP contribution in [0.2, 0.25) is 0 Å². The molecule has 0 N–H and O–H groups in total. The zero-order valence-corrected chi connectivity index (χ0v) is 24.1. The van der Waals surface area contributed by atoms with Crippen molar-refractivity contribution < 1.29 is 4.79 Å². The zero-order chi connectivity index (χ0) is 24.8. The summed E-state index contributed by atoms with van der Waals surface area (Å²) < 4.78 is 0. The summed E-state index contributed by atoms with van der Waals surface area (Å²) >= 11 is 0. The predicted octanol–water partition coefficient (Wildman–Crippen LogP) is 12.3. The first-order chi connectivity index (χ1) is 16.8. The minimum absolute atomic E-state index is 0.440. The molecule has 0 unspecified atom stereocenters. The molecule has 0 heterocycles. The fourth-order valence-corrected chi connectivity index (χ4v) is 5.17. The molecule has 0 aromatic carbocycles. The van der Waals surface area contributed by atoms with Crippen molar-refractivity contribution in [2.45, 2.75) is 206 Å². The molecule has 0 fully saturated rings. The van der Waals surface area contributed by atoms with Crippen LogP contribution in [0.3, 0.4) is 0 Å². The number of rotatable bonds is 30. The first-order valence-electron chi connectivity index (χ1n) is 16.3. The highest BCUT2D eigenvalue weighted by Crippen LogP contribution is 2.16. The van der Waals surface area contributed by atoms with E-state index in [1.54, 1.807) is 0 Å². The smallest absolute Gasteiger partial charge is 0.132 e. The van der Waals surface area contributed by atoms with Crippen molar-refractivity contribution in [3.05, 3.63) is 0 Å². The summed E-state index contributed by atoms with van der Waals surface area (Å²) in [5.41, 5.74) is 0. The topological polar surface area (TPSA) is 17.1 Å².